The molecule has 4 nitrogen and oxygen atoms in total. The standard InChI is InChI=1S/C8H14NO3PS2/c1-3-4-14-13(10,11)15-6-8-5-7(2)9-12-8/h5H,3-4,6H2,1-2H3,(H,10,11). The lowest BCUT2D eigenvalue weighted by Gasteiger charge is -2.07. The van der Waals surface area contributed by atoms with Crippen molar-refractivity contribution in [1.29, 1.82) is 0 Å². The second kappa shape index (κ2) is 5.99. The minimum Gasteiger partial charge on any atom is -0.360 e. The fourth-order valence-electron chi connectivity index (χ4n) is 0.873. The van der Waals surface area contributed by atoms with Crippen LogP contribution in [0.1, 0.15) is 24.8 Å². The molecule has 15 heavy (non-hydrogen) atoms. The monoisotopic (exact) mass is 267 g/mol. The predicted octanol–water partition coefficient (Wildman–Crippen LogP) is 3.46. The summed E-state index contributed by atoms with van der Waals surface area (Å²) in [6.45, 7) is 3.81. The third kappa shape index (κ3) is 5.11. The van der Waals surface area contributed by atoms with E-state index in [9.17, 15) is 9.46 Å². The van der Waals surface area contributed by atoms with Gasteiger partial charge in [0.2, 0.25) is 0 Å². The first kappa shape index (κ1) is 13.2. The SMILES string of the molecule is CCCSP(=O)(O)SCc1cc(C)no1. The van der Waals surface area contributed by atoms with E-state index in [0.29, 0.717) is 17.3 Å². The van der Waals surface area contributed by atoms with Gasteiger partial charge in [-0.3, -0.25) is 4.57 Å². The Morgan fingerprint density at radius 1 is 1.60 bits per heavy atom. The van der Waals surface area contributed by atoms with Gasteiger partial charge in [0.1, 0.15) is 5.76 Å². The van der Waals surface area contributed by atoms with Gasteiger partial charge in [0.25, 0.3) is 0 Å². The molecule has 0 fully saturated rings. The first-order valence-corrected chi connectivity index (χ1v) is 9.41. The van der Waals surface area contributed by atoms with Crippen LogP contribution in [0.25, 0.3) is 0 Å². The molecule has 0 amide bonds. The van der Waals surface area contributed by atoms with Crippen molar-refractivity contribution >= 4 is 28.5 Å². The van der Waals surface area contributed by atoms with E-state index in [0.717, 1.165) is 34.9 Å². The summed E-state index contributed by atoms with van der Waals surface area (Å²) in [5, 5.41) is 3.71. The molecule has 1 atom stereocenters. The van der Waals surface area contributed by atoms with Crippen LogP contribution in [0.5, 0.6) is 0 Å². The highest BCUT2D eigenvalue weighted by atomic mass is 33.1. The predicted molar refractivity (Wildman–Crippen MR) is 65.1 cm³/mol. The van der Waals surface area contributed by atoms with Crippen LogP contribution in [0, 0.1) is 6.92 Å². The molecule has 0 saturated carbocycles. The van der Waals surface area contributed by atoms with Crippen molar-refractivity contribution in [3.63, 3.8) is 0 Å². The topological polar surface area (TPSA) is 63.3 Å². The summed E-state index contributed by atoms with van der Waals surface area (Å²) in [6.07, 6.45) is 0.900. The zero-order chi connectivity index (χ0) is 11.3. The molecule has 0 saturated heterocycles. The smallest absolute Gasteiger partial charge is 0.311 e. The van der Waals surface area contributed by atoms with Crippen molar-refractivity contribution in [3.8, 4) is 0 Å². The molecule has 0 aliphatic carbocycles. The third-order valence-electron chi connectivity index (χ3n) is 1.51. The number of aryl methyl sites for hydroxylation is 1. The van der Waals surface area contributed by atoms with Crippen molar-refractivity contribution in [2.24, 2.45) is 0 Å². The van der Waals surface area contributed by atoms with Gasteiger partial charge in [0.05, 0.1) is 11.4 Å². The summed E-state index contributed by atoms with van der Waals surface area (Å²) in [5.74, 6) is -1.38. The fraction of sp³-hybridized carbons (Fsp3) is 0.625. The highest BCUT2D eigenvalue weighted by molar-refractivity contribution is 8.88. The van der Waals surface area contributed by atoms with Crippen molar-refractivity contribution in [2.75, 3.05) is 5.75 Å². The molecule has 0 aliphatic heterocycles. The lowest BCUT2D eigenvalue weighted by Crippen LogP contribution is -1.77. The van der Waals surface area contributed by atoms with Gasteiger partial charge < -0.3 is 9.42 Å². The fourth-order valence-corrected chi connectivity index (χ4v) is 5.94. The Labute approximate surface area is 97.1 Å². The number of hydrogen-bond acceptors (Lipinski definition) is 5. The molecular weight excluding hydrogens is 253 g/mol. The lowest BCUT2D eigenvalue weighted by atomic mass is 10.4. The van der Waals surface area contributed by atoms with Crippen LogP contribution >= 0.6 is 28.5 Å². The number of aromatic nitrogens is 1. The van der Waals surface area contributed by atoms with E-state index in [1.54, 1.807) is 6.07 Å². The quantitative estimate of drug-likeness (QED) is 0.796. The summed E-state index contributed by atoms with van der Waals surface area (Å²) in [5.41, 5.74) is 0.791. The highest BCUT2D eigenvalue weighted by Crippen LogP contribution is 2.66. The van der Waals surface area contributed by atoms with Crippen molar-refractivity contribution in [2.45, 2.75) is 26.0 Å². The second-order valence-corrected chi connectivity index (χ2v) is 10.4. The molecule has 0 spiro atoms. The average Bonchev–Trinajstić information content (AvgIpc) is 2.59. The Balaban J connectivity index is 2.39. The Morgan fingerprint density at radius 3 is 2.87 bits per heavy atom. The molecule has 1 aromatic heterocycles. The molecule has 1 rings (SSSR count). The highest BCUT2D eigenvalue weighted by Gasteiger charge is 2.20. The zero-order valence-electron chi connectivity index (χ0n) is 8.67. The summed E-state index contributed by atoms with van der Waals surface area (Å²) in [6, 6.07) is 1.78. The Morgan fingerprint density at radius 2 is 2.33 bits per heavy atom. The van der Waals surface area contributed by atoms with E-state index in [-0.39, 0.29) is 0 Å². The van der Waals surface area contributed by atoms with Gasteiger partial charge in [0.15, 0.2) is 0 Å². The molecule has 86 valence electrons. The molecule has 1 aromatic rings. The van der Waals surface area contributed by atoms with Crippen LogP contribution in [0.4, 0.5) is 0 Å². The van der Waals surface area contributed by atoms with Crippen LogP contribution < -0.4 is 0 Å². The first-order valence-electron chi connectivity index (χ1n) is 4.57. The van der Waals surface area contributed by atoms with E-state index in [4.69, 9.17) is 4.52 Å². The molecule has 0 bridgehead atoms. The largest absolute Gasteiger partial charge is 0.360 e. The van der Waals surface area contributed by atoms with Crippen LogP contribution in [0.15, 0.2) is 10.6 Å². The van der Waals surface area contributed by atoms with Crippen molar-refractivity contribution < 1.29 is 14.0 Å². The second-order valence-electron chi connectivity index (χ2n) is 3.01. The molecule has 0 aromatic carbocycles. The molecular formula is C8H14NO3PS2. The molecule has 0 aliphatic rings. The molecule has 1 N–H and O–H groups in total. The number of hydrogen-bond donors (Lipinski definition) is 1. The van der Waals surface area contributed by atoms with E-state index >= 15 is 0 Å². The normalized spacial score (nSPS) is 15.1. The summed E-state index contributed by atoms with van der Waals surface area (Å²) in [4.78, 5) is 9.53. The third-order valence-corrected chi connectivity index (χ3v) is 7.95. The van der Waals surface area contributed by atoms with Gasteiger partial charge >= 0.3 is 5.77 Å². The van der Waals surface area contributed by atoms with Gasteiger partial charge in [-0.25, -0.2) is 0 Å². The van der Waals surface area contributed by atoms with Crippen LogP contribution in [0.3, 0.4) is 0 Å². The van der Waals surface area contributed by atoms with E-state index in [1.165, 1.54) is 0 Å². The zero-order valence-corrected chi connectivity index (χ0v) is 11.2. The van der Waals surface area contributed by atoms with Crippen LogP contribution in [-0.2, 0) is 10.3 Å². The minimum absolute atomic E-state index is 0.394. The van der Waals surface area contributed by atoms with Gasteiger partial charge in [-0.1, -0.05) is 34.8 Å². The van der Waals surface area contributed by atoms with Crippen molar-refractivity contribution in [1.82, 2.24) is 5.16 Å². The van der Waals surface area contributed by atoms with Gasteiger partial charge in [-0.15, -0.1) is 0 Å². The lowest BCUT2D eigenvalue weighted by molar-refractivity contribution is 0.391. The Bertz CT molecular complexity index is 355. The maximum absolute atomic E-state index is 11.6. The Hall–Kier alpha value is 0.100. The van der Waals surface area contributed by atoms with Gasteiger partial charge in [-0.2, -0.15) is 0 Å². The van der Waals surface area contributed by atoms with Crippen molar-refractivity contribution in [3.05, 3.63) is 17.5 Å². The summed E-state index contributed by atoms with van der Waals surface area (Å²) in [7, 11) is 0. The Kier molecular flexibility index (Phi) is 5.26. The number of rotatable bonds is 6. The molecule has 1 heterocycles. The minimum atomic E-state index is -3.12. The molecule has 7 heteroatoms. The average molecular weight is 267 g/mol. The first-order chi connectivity index (χ1) is 7.03. The molecule has 1 unspecified atom stereocenters. The van der Waals surface area contributed by atoms with Gasteiger partial charge in [0, 0.05) is 11.8 Å². The van der Waals surface area contributed by atoms with E-state index in [1.807, 2.05) is 13.8 Å². The maximum atomic E-state index is 11.6. The van der Waals surface area contributed by atoms with Gasteiger partial charge in [-0.05, 0) is 13.3 Å². The maximum Gasteiger partial charge on any atom is 0.311 e. The van der Waals surface area contributed by atoms with E-state index in [2.05, 4.69) is 5.16 Å². The van der Waals surface area contributed by atoms with Crippen LogP contribution in [0.2, 0.25) is 0 Å². The van der Waals surface area contributed by atoms with E-state index < -0.39 is 5.77 Å². The number of nitrogens with zero attached hydrogens (tertiary/aromatic N) is 1. The summed E-state index contributed by atoms with van der Waals surface area (Å²) >= 11 is 2.14. The van der Waals surface area contributed by atoms with Crippen LogP contribution in [-0.4, -0.2) is 15.8 Å². The molecule has 0 radical (unpaired) electrons. The summed E-state index contributed by atoms with van der Waals surface area (Å²) < 4.78 is 16.5.